The summed E-state index contributed by atoms with van der Waals surface area (Å²) in [6, 6.07) is 4.94. The van der Waals surface area contributed by atoms with Crippen LogP contribution >= 0.6 is 11.6 Å². The Labute approximate surface area is 113 Å². The number of hydrogen-bond acceptors (Lipinski definition) is 2. The largest absolute Gasteiger partial charge is 0.399 e. The number of rotatable bonds is 3. The van der Waals surface area contributed by atoms with Crippen molar-refractivity contribution >= 4 is 23.2 Å². The molecule has 4 heteroatoms. The van der Waals surface area contributed by atoms with E-state index in [0.29, 0.717) is 22.2 Å². The van der Waals surface area contributed by atoms with Crippen molar-refractivity contribution in [2.75, 3.05) is 12.3 Å². The normalized spacial score (nSPS) is 16.5. The first kappa shape index (κ1) is 13.2. The highest BCUT2D eigenvalue weighted by Gasteiger charge is 2.15. The number of nitrogens with two attached hydrogens (primary N) is 1. The second-order valence-electron chi connectivity index (χ2n) is 4.99. The molecule has 0 aromatic heterocycles. The first-order valence-corrected chi connectivity index (χ1v) is 6.87. The van der Waals surface area contributed by atoms with Gasteiger partial charge in [0.05, 0.1) is 0 Å². The molecule has 1 aromatic rings. The number of anilines is 1. The second kappa shape index (κ2) is 6.10. The molecule has 0 saturated heterocycles. The van der Waals surface area contributed by atoms with Crippen LogP contribution in [0.15, 0.2) is 18.2 Å². The molecule has 0 heterocycles. The average Bonchev–Trinajstić information content (AvgIpc) is 2.36. The number of carbonyl (C=O) groups excluding carboxylic acids is 1. The van der Waals surface area contributed by atoms with Crippen LogP contribution in [0.2, 0.25) is 5.02 Å². The van der Waals surface area contributed by atoms with Gasteiger partial charge in [-0.2, -0.15) is 0 Å². The van der Waals surface area contributed by atoms with Gasteiger partial charge in [-0.05, 0) is 37.0 Å². The zero-order valence-electron chi connectivity index (χ0n) is 10.4. The van der Waals surface area contributed by atoms with Crippen LogP contribution in [0, 0.1) is 5.92 Å². The first-order valence-electron chi connectivity index (χ1n) is 6.49. The minimum atomic E-state index is -0.0882. The van der Waals surface area contributed by atoms with Gasteiger partial charge < -0.3 is 11.1 Å². The maximum atomic E-state index is 12.0. The van der Waals surface area contributed by atoms with Crippen LogP contribution < -0.4 is 11.1 Å². The topological polar surface area (TPSA) is 55.1 Å². The summed E-state index contributed by atoms with van der Waals surface area (Å²) in [7, 11) is 0. The van der Waals surface area contributed by atoms with Crippen LogP contribution in [-0.2, 0) is 0 Å². The minimum Gasteiger partial charge on any atom is -0.399 e. The van der Waals surface area contributed by atoms with Gasteiger partial charge >= 0.3 is 0 Å². The van der Waals surface area contributed by atoms with E-state index in [-0.39, 0.29) is 5.91 Å². The predicted molar refractivity (Wildman–Crippen MR) is 74.8 cm³/mol. The van der Waals surface area contributed by atoms with Crippen LogP contribution in [0.1, 0.15) is 42.5 Å². The summed E-state index contributed by atoms with van der Waals surface area (Å²) in [5.41, 5.74) is 6.73. The molecule has 1 saturated carbocycles. The maximum Gasteiger partial charge on any atom is 0.251 e. The van der Waals surface area contributed by atoms with Gasteiger partial charge in [0.15, 0.2) is 0 Å². The molecule has 1 aliphatic carbocycles. The lowest BCUT2D eigenvalue weighted by atomic mass is 9.89. The van der Waals surface area contributed by atoms with Gasteiger partial charge in [0.1, 0.15) is 0 Å². The van der Waals surface area contributed by atoms with Crippen molar-refractivity contribution in [3.05, 3.63) is 28.8 Å². The van der Waals surface area contributed by atoms with E-state index in [9.17, 15) is 4.79 Å². The highest BCUT2D eigenvalue weighted by molar-refractivity contribution is 6.31. The Morgan fingerprint density at radius 1 is 1.28 bits per heavy atom. The van der Waals surface area contributed by atoms with Gasteiger partial charge in [-0.3, -0.25) is 4.79 Å². The van der Waals surface area contributed by atoms with Crippen LogP contribution in [-0.4, -0.2) is 12.5 Å². The molecule has 1 aliphatic rings. The molecule has 18 heavy (non-hydrogen) atoms. The van der Waals surface area contributed by atoms with Crippen LogP contribution in [0.25, 0.3) is 0 Å². The summed E-state index contributed by atoms with van der Waals surface area (Å²) in [5.74, 6) is 0.536. The number of halogens is 1. The molecule has 0 radical (unpaired) electrons. The predicted octanol–water partition coefficient (Wildman–Crippen LogP) is 3.23. The van der Waals surface area contributed by atoms with E-state index in [1.165, 1.54) is 32.1 Å². The monoisotopic (exact) mass is 266 g/mol. The van der Waals surface area contributed by atoms with Crippen LogP contribution in [0.4, 0.5) is 5.69 Å². The van der Waals surface area contributed by atoms with E-state index < -0.39 is 0 Å². The van der Waals surface area contributed by atoms with E-state index in [2.05, 4.69) is 5.32 Å². The van der Waals surface area contributed by atoms with Crippen LogP contribution in [0.5, 0.6) is 0 Å². The van der Waals surface area contributed by atoms with Crippen molar-refractivity contribution in [1.29, 1.82) is 0 Å². The Hall–Kier alpha value is -1.22. The molecule has 98 valence electrons. The molecule has 2 rings (SSSR count). The third-order valence-corrected chi connectivity index (χ3v) is 3.68. The van der Waals surface area contributed by atoms with Gasteiger partial charge in [0.2, 0.25) is 0 Å². The van der Waals surface area contributed by atoms with Crippen molar-refractivity contribution in [3.8, 4) is 0 Å². The summed E-state index contributed by atoms with van der Waals surface area (Å²) in [6.45, 7) is 0.755. The standard InChI is InChI=1S/C14H19ClN2O/c15-12-6-11(7-13(16)8-12)14(18)17-9-10-4-2-1-3-5-10/h6-8,10H,1-5,9,16H2,(H,17,18). The second-order valence-corrected chi connectivity index (χ2v) is 5.42. The van der Waals surface area contributed by atoms with Crippen LogP contribution in [0.3, 0.4) is 0 Å². The van der Waals surface area contributed by atoms with Gasteiger partial charge in [0.25, 0.3) is 5.91 Å². The van der Waals surface area contributed by atoms with E-state index in [0.717, 1.165) is 6.54 Å². The van der Waals surface area contributed by atoms with Gasteiger partial charge in [-0.25, -0.2) is 0 Å². The summed E-state index contributed by atoms with van der Waals surface area (Å²) in [6.07, 6.45) is 6.33. The van der Waals surface area contributed by atoms with E-state index in [1.807, 2.05) is 0 Å². The fourth-order valence-corrected chi connectivity index (χ4v) is 2.72. The molecule has 0 aliphatic heterocycles. The summed E-state index contributed by atoms with van der Waals surface area (Å²) in [5, 5.41) is 3.47. The van der Waals surface area contributed by atoms with Crippen molar-refractivity contribution in [2.45, 2.75) is 32.1 Å². The van der Waals surface area contributed by atoms with Crippen molar-refractivity contribution in [1.82, 2.24) is 5.32 Å². The number of carbonyl (C=O) groups is 1. The van der Waals surface area contributed by atoms with E-state index in [4.69, 9.17) is 17.3 Å². The Balaban J connectivity index is 1.90. The summed E-state index contributed by atoms with van der Waals surface area (Å²) in [4.78, 5) is 12.0. The van der Waals surface area contributed by atoms with E-state index >= 15 is 0 Å². The van der Waals surface area contributed by atoms with E-state index in [1.54, 1.807) is 18.2 Å². The Morgan fingerprint density at radius 2 is 2.00 bits per heavy atom. The first-order chi connectivity index (χ1) is 8.65. The summed E-state index contributed by atoms with van der Waals surface area (Å²) < 4.78 is 0. The molecular weight excluding hydrogens is 248 g/mol. The van der Waals surface area contributed by atoms with Gasteiger partial charge in [-0.1, -0.05) is 30.9 Å². The number of nitrogens with one attached hydrogen (secondary N) is 1. The SMILES string of the molecule is Nc1cc(Cl)cc(C(=O)NCC2CCCCC2)c1. The molecule has 3 N–H and O–H groups in total. The Morgan fingerprint density at radius 3 is 2.67 bits per heavy atom. The highest BCUT2D eigenvalue weighted by atomic mass is 35.5. The molecule has 1 aromatic carbocycles. The molecule has 3 nitrogen and oxygen atoms in total. The fourth-order valence-electron chi connectivity index (χ4n) is 2.47. The maximum absolute atomic E-state index is 12.0. The lowest BCUT2D eigenvalue weighted by Crippen LogP contribution is -2.30. The highest BCUT2D eigenvalue weighted by Crippen LogP contribution is 2.23. The van der Waals surface area contributed by atoms with Crippen molar-refractivity contribution in [2.24, 2.45) is 5.92 Å². The van der Waals surface area contributed by atoms with Gasteiger partial charge in [-0.15, -0.1) is 0 Å². The average molecular weight is 267 g/mol. The Kier molecular flexibility index (Phi) is 4.48. The molecule has 1 amide bonds. The smallest absolute Gasteiger partial charge is 0.251 e. The molecule has 0 atom stereocenters. The Bertz CT molecular complexity index is 408. The number of hydrogen-bond donors (Lipinski definition) is 2. The zero-order chi connectivity index (χ0) is 13.0. The third kappa shape index (κ3) is 3.64. The molecule has 0 unspecified atom stereocenters. The zero-order valence-corrected chi connectivity index (χ0v) is 11.2. The number of benzene rings is 1. The molecular formula is C14H19ClN2O. The fraction of sp³-hybridized carbons (Fsp3) is 0.500. The lowest BCUT2D eigenvalue weighted by Gasteiger charge is -2.21. The molecule has 1 fully saturated rings. The molecule has 0 spiro atoms. The lowest BCUT2D eigenvalue weighted by molar-refractivity contribution is 0.0943. The third-order valence-electron chi connectivity index (χ3n) is 3.46. The number of amides is 1. The molecule has 0 bridgehead atoms. The number of nitrogen functional groups attached to an aromatic ring is 1. The summed E-state index contributed by atoms with van der Waals surface area (Å²) >= 11 is 5.88. The minimum absolute atomic E-state index is 0.0882. The van der Waals surface area contributed by atoms with Crippen molar-refractivity contribution < 1.29 is 4.79 Å². The van der Waals surface area contributed by atoms with Crippen molar-refractivity contribution in [3.63, 3.8) is 0 Å². The van der Waals surface area contributed by atoms with Gasteiger partial charge in [0, 0.05) is 22.8 Å². The quantitative estimate of drug-likeness (QED) is 0.826.